The molecule has 2 aliphatic rings. The van der Waals surface area contributed by atoms with E-state index in [1.165, 1.54) is 15.6 Å². The Morgan fingerprint density at radius 3 is 2.39 bits per heavy atom. The SMILES string of the molecule is O=C(C1CCN(S(=O)(=O)c2cccs2)CC1)N1CCn2cccc2C1c1ccccc1. The summed E-state index contributed by atoms with van der Waals surface area (Å²) in [7, 11) is -3.46. The van der Waals surface area contributed by atoms with Crippen LogP contribution in [0.5, 0.6) is 0 Å². The number of amides is 1. The number of hydrogen-bond donors (Lipinski definition) is 0. The predicted octanol–water partition coefficient (Wildman–Crippen LogP) is 3.58. The van der Waals surface area contributed by atoms with E-state index in [1.54, 1.807) is 17.5 Å². The maximum absolute atomic E-state index is 13.6. The van der Waals surface area contributed by atoms with Crippen molar-refractivity contribution in [2.75, 3.05) is 19.6 Å². The zero-order chi connectivity index (χ0) is 21.4. The highest BCUT2D eigenvalue weighted by atomic mass is 32.2. The first-order valence-electron chi connectivity index (χ1n) is 10.6. The molecular formula is C23H25N3O3S2. The summed E-state index contributed by atoms with van der Waals surface area (Å²) in [6.45, 7) is 2.21. The molecule has 162 valence electrons. The maximum Gasteiger partial charge on any atom is 0.252 e. The van der Waals surface area contributed by atoms with E-state index in [1.807, 2.05) is 29.2 Å². The van der Waals surface area contributed by atoms with Crippen LogP contribution in [0.25, 0.3) is 0 Å². The molecule has 0 saturated carbocycles. The standard InChI is InChI=1S/C23H25N3O3S2/c27-23(19-10-13-25(14-11-19)31(28,29)21-9-5-17-30-21)26-16-15-24-12-4-8-20(24)22(26)18-6-2-1-3-7-18/h1-9,12,17,19,22H,10-11,13-16H2. The topological polar surface area (TPSA) is 62.6 Å². The second kappa shape index (κ2) is 8.26. The molecule has 0 radical (unpaired) electrons. The fourth-order valence-electron chi connectivity index (χ4n) is 4.72. The van der Waals surface area contributed by atoms with Gasteiger partial charge in [0.2, 0.25) is 5.91 Å². The number of hydrogen-bond acceptors (Lipinski definition) is 4. The average Bonchev–Trinajstić information content (AvgIpc) is 3.51. The summed E-state index contributed by atoms with van der Waals surface area (Å²) in [5, 5.41) is 1.78. The van der Waals surface area contributed by atoms with Gasteiger partial charge >= 0.3 is 0 Å². The van der Waals surface area contributed by atoms with E-state index in [0.29, 0.717) is 36.7 Å². The molecule has 0 bridgehead atoms. The Kier molecular flexibility index (Phi) is 5.45. The molecule has 1 amide bonds. The molecule has 2 aromatic heterocycles. The molecule has 8 heteroatoms. The molecule has 31 heavy (non-hydrogen) atoms. The Balaban J connectivity index is 1.34. The number of nitrogens with zero attached hydrogens (tertiary/aromatic N) is 3. The van der Waals surface area contributed by atoms with Crippen LogP contribution in [0.2, 0.25) is 0 Å². The highest BCUT2D eigenvalue weighted by Gasteiger charge is 2.38. The number of rotatable bonds is 4. The van der Waals surface area contributed by atoms with Crippen LogP contribution < -0.4 is 0 Å². The zero-order valence-corrected chi connectivity index (χ0v) is 18.8. The molecule has 6 nitrogen and oxygen atoms in total. The third-order valence-corrected chi connectivity index (χ3v) is 9.60. The molecule has 0 N–H and O–H groups in total. The minimum Gasteiger partial charge on any atom is -0.348 e. The van der Waals surface area contributed by atoms with Crippen molar-refractivity contribution in [3.8, 4) is 0 Å². The van der Waals surface area contributed by atoms with Crippen LogP contribution >= 0.6 is 11.3 Å². The van der Waals surface area contributed by atoms with Gasteiger partial charge in [-0.05, 0) is 42.0 Å². The summed E-state index contributed by atoms with van der Waals surface area (Å²) < 4.78 is 29.7. The fourth-order valence-corrected chi connectivity index (χ4v) is 7.34. The highest BCUT2D eigenvalue weighted by Crippen LogP contribution is 2.35. The highest BCUT2D eigenvalue weighted by molar-refractivity contribution is 7.91. The summed E-state index contributed by atoms with van der Waals surface area (Å²) >= 11 is 1.24. The molecule has 2 aliphatic heterocycles. The molecule has 1 saturated heterocycles. The number of benzene rings is 1. The number of sulfonamides is 1. The van der Waals surface area contributed by atoms with Gasteiger partial charge in [-0.2, -0.15) is 4.31 Å². The van der Waals surface area contributed by atoms with Gasteiger partial charge in [-0.1, -0.05) is 36.4 Å². The average molecular weight is 456 g/mol. The summed E-state index contributed by atoms with van der Waals surface area (Å²) in [4.78, 5) is 15.6. The van der Waals surface area contributed by atoms with Crippen LogP contribution in [0.15, 0.2) is 70.4 Å². The Bertz CT molecular complexity index is 1150. The predicted molar refractivity (Wildman–Crippen MR) is 120 cm³/mol. The molecule has 4 heterocycles. The van der Waals surface area contributed by atoms with Crippen LogP contribution in [0.3, 0.4) is 0 Å². The summed E-state index contributed by atoms with van der Waals surface area (Å²) in [6.07, 6.45) is 3.19. The van der Waals surface area contributed by atoms with Crippen LogP contribution in [0.4, 0.5) is 0 Å². The lowest BCUT2D eigenvalue weighted by Crippen LogP contribution is -2.48. The molecule has 1 fully saturated rings. The van der Waals surface area contributed by atoms with Gasteiger partial charge in [0.05, 0.1) is 6.04 Å². The Hall–Kier alpha value is -2.42. The largest absolute Gasteiger partial charge is 0.348 e. The van der Waals surface area contributed by atoms with Crippen LogP contribution in [0.1, 0.15) is 30.1 Å². The molecule has 1 atom stereocenters. The van der Waals surface area contributed by atoms with Crippen LogP contribution in [0, 0.1) is 5.92 Å². The molecular weight excluding hydrogens is 430 g/mol. The van der Waals surface area contributed by atoms with E-state index in [2.05, 4.69) is 29.0 Å². The van der Waals surface area contributed by atoms with Crippen molar-refractivity contribution in [3.63, 3.8) is 0 Å². The van der Waals surface area contributed by atoms with E-state index >= 15 is 0 Å². The molecule has 0 aliphatic carbocycles. The Morgan fingerprint density at radius 2 is 1.68 bits per heavy atom. The van der Waals surface area contributed by atoms with E-state index < -0.39 is 10.0 Å². The lowest BCUT2D eigenvalue weighted by molar-refractivity contribution is -0.139. The second-order valence-electron chi connectivity index (χ2n) is 8.08. The minimum atomic E-state index is -3.46. The third kappa shape index (κ3) is 3.73. The van der Waals surface area contributed by atoms with Crippen LogP contribution in [-0.4, -0.2) is 47.7 Å². The van der Waals surface area contributed by atoms with Gasteiger partial charge in [-0.3, -0.25) is 4.79 Å². The van der Waals surface area contributed by atoms with E-state index in [9.17, 15) is 13.2 Å². The lowest BCUT2D eigenvalue weighted by Gasteiger charge is -2.40. The van der Waals surface area contributed by atoms with Crippen molar-refractivity contribution in [2.45, 2.75) is 29.6 Å². The summed E-state index contributed by atoms with van der Waals surface area (Å²) in [6, 6.07) is 17.6. The first-order chi connectivity index (χ1) is 15.1. The number of thiophene rings is 1. The van der Waals surface area contributed by atoms with Crippen molar-refractivity contribution >= 4 is 27.3 Å². The first kappa shape index (κ1) is 20.5. The quantitative estimate of drug-likeness (QED) is 0.604. The zero-order valence-electron chi connectivity index (χ0n) is 17.1. The maximum atomic E-state index is 13.6. The molecule has 0 spiro atoms. The summed E-state index contributed by atoms with van der Waals surface area (Å²) in [5.74, 6) is -0.0167. The Morgan fingerprint density at radius 1 is 0.903 bits per heavy atom. The number of piperidine rings is 1. The number of carbonyl (C=O) groups is 1. The van der Waals surface area contributed by atoms with Gasteiger partial charge in [0, 0.05) is 44.0 Å². The molecule has 1 unspecified atom stereocenters. The Labute approximate surface area is 186 Å². The van der Waals surface area contributed by atoms with Gasteiger partial charge in [-0.25, -0.2) is 8.42 Å². The van der Waals surface area contributed by atoms with Gasteiger partial charge < -0.3 is 9.47 Å². The van der Waals surface area contributed by atoms with Crippen molar-refractivity contribution in [1.82, 2.24) is 13.8 Å². The van der Waals surface area contributed by atoms with Crippen molar-refractivity contribution < 1.29 is 13.2 Å². The fraction of sp³-hybridized carbons (Fsp3) is 0.348. The normalized spacial score (nSPS) is 20.5. The van der Waals surface area contributed by atoms with Gasteiger partial charge in [-0.15, -0.1) is 11.3 Å². The second-order valence-corrected chi connectivity index (χ2v) is 11.2. The van der Waals surface area contributed by atoms with E-state index in [0.717, 1.165) is 17.8 Å². The third-order valence-electron chi connectivity index (χ3n) is 6.33. The van der Waals surface area contributed by atoms with Gasteiger partial charge in [0.15, 0.2) is 0 Å². The van der Waals surface area contributed by atoms with E-state index in [4.69, 9.17) is 0 Å². The van der Waals surface area contributed by atoms with Crippen molar-refractivity contribution in [1.29, 1.82) is 0 Å². The van der Waals surface area contributed by atoms with Gasteiger partial charge in [0.25, 0.3) is 10.0 Å². The first-order valence-corrected chi connectivity index (χ1v) is 12.9. The lowest BCUT2D eigenvalue weighted by atomic mass is 9.93. The number of carbonyl (C=O) groups excluding carboxylic acids is 1. The smallest absolute Gasteiger partial charge is 0.252 e. The summed E-state index contributed by atoms with van der Waals surface area (Å²) in [5.41, 5.74) is 2.23. The number of fused-ring (bicyclic) bond motifs is 1. The van der Waals surface area contributed by atoms with Crippen molar-refractivity contribution in [2.24, 2.45) is 5.92 Å². The number of aromatic nitrogens is 1. The molecule has 1 aromatic carbocycles. The molecule has 5 rings (SSSR count). The minimum absolute atomic E-state index is 0.106. The van der Waals surface area contributed by atoms with Crippen molar-refractivity contribution in [3.05, 3.63) is 77.4 Å². The van der Waals surface area contributed by atoms with Gasteiger partial charge in [0.1, 0.15) is 4.21 Å². The monoisotopic (exact) mass is 455 g/mol. The van der Waals surface area contributed by atoms with E-state index in [-0.39, 0.29) is 17.9 Å². The van der Waals surface area contributed by atoms with Crippen LogP contribution in [-0.2, 0) is 21.4 Å². The molecule has 3 aromatic rings.